The Bertz CT molecular complexity index is 847. The second kappa shape index (κ2) is 9.70. The second-order valence-corrected chi connectivity index (χ2v) is 9.31. The Morgan fingerprint density at radius 1 is 0.900 bits per heavy atom. The van der Waals surface area contributed by atoms with E-state index in [4.69, 9.17) is 9.47 Å². The van der Waals surface area contributed by atoms with Gasteiger partial charge in [-0.15, -0.1) is 0 Å². The monoisotopic (exact) mass is 410 g/mol. The van der Waals surface area contributed by atoms with E-state index >= 15 is 0 Å². The van der Waals surface area contributed by atoms with Crippen molar-refractivity contribution in [2.24, 2.45) is 5.41 Å². The lowest BCUT2D eigenvalue weighted by molar-refractivity contribution is -0.123. The number of carbonyl (C=O) groups is 1. The molecule has 0 unspecified atom stereocenters. The highest BCUT2D eigenvalue weighted by Crippen LogP contribution is 2.36. The van der Waals surface area contributed by atoms with Gasteiger partial charge in [-0.05, 0) is 64.8 Å². The maximum atomic E-state index is 12.1. The van der Waals surface area contributed by atoms with Gasteiger partial charge < -0.3 is 9.47 Å². The van der Waals surface area contributed by atoms with Gasteiger partial charge >= 0.3 is 0 Å². The van der Waals surface area contributed by atoms with E-state index in [2.05, 4.69) is 64.2 Å². The van der Waals surface area contributed by atoms with Gasteiger partial charge in [0.25, 0.3) is 5.91 Å². The van der Waals surface area contributed by atoms with E-state index in [-0.39, 0.29) is 23.3 Å². The standard InChI is InChI=1S/C25H34N2O3/c1-18(19-8-12-21(29-7)13-9-19)26-27-23(28)16-30-22-14-10-20(11-15-22)25(5,6)17-24(2,3)4/h8-15,26H,1,16-17H2,2-7H3,(H,27,28). The van der Waals surface area contributed by atoms with Gasteiger partial charge in [0.05, 0.1) is 12.8 Å². The van der Waals surface area contributed by atoms with Crippen molar-refractivity contribution < 1.29 is 14.3 Å². The molecule has 5 nitrogen and oxygen atoms in total. The summed E-state index contributed by atoms with van der Waals surface area (Å²) in [5.74, 6) is 1.13. The summed E-state index contributed by atoms with van der Waals surface area (Å²) in [5.41, 5.74) is 8.41. The first kappa shape index (κ1) is 23.3. The fraction of sp³-hybridized carbons (Fsp3) is 0.400. The number of rotatable bonds is 9. The van der Waals surface area contributed by atoms with Crippen LogP contribution in [0.25, 0.3) is 5.70 Å². The van der Waals surface area contributed by atoms with Crippen LogP contribution in [0.2, 0.25) is 0 Å². The molecule has 1 amide bonds. The van der Waals surface area contributed by atoms with Crippen LogP contribution in [0.15, 0.2) is 55.1 Å². The Morgan fingerprint density at radius 3 is 2.00 bits per heavy atom. The van der Waals surface area contributed by atoms with Crippen molar-refractivity contribution in [3.63, 3.8) is 0 Å². The van der Waals surface area contributed by atoms with Gasteiger partial charge in [0, 0.05) is 0 Å². The van der Waals surface area contributed by atoms with Gasteiger partial charge in [-0.3, -0.25) is 15.6 Å². The van der Waals surface area contributed by atoms with Gasteiger partial charge in [0.15, 0.2) is 6.61 Å². The number of amides is 1. The maximum Gasteiger partial charge on any atom is 0.276 e. The zero-order chi connectivity index (χ0) is 22.4. The average molecular weight is 411 g/mol. The first-order valence-corrected chi connectivity index (χ1v) is 10.1. The van der Waals surface area contributed by atoms with E-state index in [9.17, 15) is 4.79 Å². The highest BCUT2D eigenvalue weighted by atomic mass is 16.5. The molecular weight excluding hydrogens is 376 g/mol. The van der Waals surface area contributed by atoms with Crippen LogP contribution < -0.4 is 20.3 Å². The van der Waals surface area contributed by atoms with Crippen LogP contribution in [0.4, 0.5) is 0 Å². The van der Waals surface area contributed by atoms with E-state index in [0.29, 0.717) is 11.4 Å². The zero-order valence-corrected chi connectivity index (χ0v) is 19.0. The predicted octanol–water partition coefficient (Wildman–Crippen LogP) is 5.08. The quantitative estimate of drug-likeness (QED) is 0.566. The summed E-state index contributed by atoms with van der Waals surface area (Å²) < 4.78 is 10.7. The van der Waals surface area contributed by atoms with Gasteiger partial charge in [-0.1, -0.05) is 53.3 Å². The lowest BCUT2D eigenvalue weighted by atomic mass is 9.72. The molecule has 0 aliphatic carbocycles. The maximum absolute atomic E-state index is 12.1. The molecule has 0 aromatic heterocycles. The van der Waals surface area contributed by atoms with E-state index in [1.165, 1.54) is 5.56 Å². The van der Waals surface area contributed by atoms with E-state index in [1.54, 1.807) is 7.11 Å². The van der Waals surface area contributed by atoms with Crippen molar-refractivity contribution in [2.45, 2.75) is 46.5 Å². The number of carbonyl (C=O) groups excluding carboxylic acids is 1. The third-order valence-electron chi connectivity index (χ3n) is 4.77. The number of hydrazine groups is 1. The molecule has 0 heterocycles. The summed E-state index contributed by atoms with van der Waals surface area (Å²) in [6, 6.07) is 15.4. The zero-order valence-electron chi connectivity index (χ0n) is 19.0. The second-order valence-electron chi connectivity index (χ2n) is 9.31. The van der Waals surface area contributed by atoms with Gasteiger partial charge in [-0.25, -0.2) is 0 Å². The molecular formula is C25H34N2O3. The molecule has 2 aromatic rings. The first-order valence-electron chi connectivity index (χ1n) is 10.1. The summed E-state index contributed by atoms with van der Waals surface area (Å²) in [5, 5.41) is 0. The molecule has 162 valence electrons. The molecule has 5 heteroatoms. The molecule has 2 rings (SSSR count). The number of ether oxygens (including phenoxy) is 2. The molecule has 0 saturated carbocycles. The van der Waals surface area contributed by atoms with Gasteiger partial charge in [0.1, 0.15) is 11.5 Å². The number of methoxy groups -OCH3 is 1. The summed E-state index contributed by atoms with van der Waals surface area (Å²) in [4.78, 5) is 12.1. The topological polar surface area (TPSA) is 59.6 Å². The summed E-state index contributed by atoms with van der Waals surface area (Å²) in [7, 11) is 1.61. The minimum absolute atomic E-state index is 0.0693. The van der Waals surface area contributed by atoms with Crippen molar-refractivity contribution in [2.75, 3.05) is 13.7 Å². The first-order chi connectivity index (χ1) is 14.0. The molecule has 30 heavy (non-hydrogen) atoms. The molecule has 0 fully saturated rings. The van der Waals surface area contributed by atoms with Crippen molar-refractivity contribution in [3.8, 4) is 11.5 Å². The number of benzene rings is 2. The van der Waals surface area contributed by atoms with Crippen molar-refractivity contribution in [1.29, 1.82) is 0 Å². The number of hydrogen-bond acceptors (Lipinski definition) is 4. The largest absolute Gasteiger partial charge is 0.497 e. The van der Waals surface area contributed by atoms with E-state index in [1.807, 2.05) is 36.4 Å². The highest BCUT2D eigenvalue weighted by Gasteiger charge is 2.27. The summed E-state index contributed by atoms with van der Waals surface area (Å²) in [6.07, 6.45) is 1.08. The summed E-state index contributed by atoms with van der Waals surface area (Å²) in [6.45, 7) is 15.1. The fourth-order valence-corrected chi connectivity index (χ4v) is 3.62. The van der Waals surface area contributed by atoms with Crippen LogP contribution in [-0.4, -0.2) is 19.6 Å². The highest BCUT2D eigenvalue weighted by molar-refractivity contribution is 5.78. The Labute approximate surface area is 180 Å². The van der Waals surface area contributed by atoms with Crippen molar-refractivity contribution in [3.05, 3.63) is 66.2 Å². The van der Waals surface area contributed by atoms with Crippen molar-refractivity contribution >= 4 is 11.6 Å². The molecule has 0 saturated heterocycles. The molecule has 0 atom stereocenters. The van der Waals surface area contributed by atoms with Gasteiger partial charge in [-0.2, -0.15) is 0 Å². The van der Waals surface area contributed by atoms with Gasteiger partial charge in [0.2, 0.25) is 0 Å². The Kier molecular flexibility index (Phi) is 7.54. The Hall–Kier alpha value is -2.95. The molecule has 0 aliphatic heterocycles. The fourth-order valence-electron chi connectivity index (χ4n) is 3.62. The number of nitrogens with one attached hydrogen (secondary N) is 2. The number of hydrogen-bond donors (Lipinski definition) is 2. The minimum atomic E-state index is -0.290. The predicted molar refractivity (Wildman–Crippen MR) is 122 cm³/mol. The Balaban J connectivity index is 1.82. The van der Waals surface area contributed by atoms with Crippen LogP contribution in [0.1, 0.15) is 52.2 Å². The van der Waals surface area contributed by atoms with Crippen LogP contribution in [0.5, 0.6) is 11.5 Å². The molecule has 0 spiro atoms. The molecule has 0 radical (unpaired) electrons. The third kappa shape index (κ3) is 7.14. The molecule has 0 aliphatic rings. The van der Waals surface area contributed by atoms with E-state index < -0.39 is 0 Å². The van der Waals surface area contributed by atoms with Crippen LogP contribution in [0, 0.1) is 5.41 Å². The lowest BCUT2D eigenvalue weighted by Gasteiger charge is -2.33. The normalized spacial score (nSPS) is 11.5. The Morgan fingerprint density at radius 2 is 1.47 bits per heavy atom. The van der Waals surface area contributed by atoms with Crippen LogP contribution in [-0.2, 0) is 10.2 Å². The lowest BCUT2D eigenvalue weighted by Crippen LogP contribution is -2.38. The van der Waals surface area contributed by atoms with E-state index in [0.717, 1.165) is 17.7 Å². The third-order valence-corrected chi connectivity index (χ3v) is 4.77. The van der Waals surface area contributed by atoms with Crippen molar-refractivity contribution in [1.82, 2.24) is 10.9 Å². The van der Waals surface area contributed by atoms with Crippen LogP contribution >= 0.6 is 0 Å². The molecule has 0 bridgehead atoms. The minimum Gasteiger partial charge on any atom is -0.497 e. The van der Waals surface area contributed by atoms with Crippen LogP contribution in [0.3, 0.4) is 0 Å². The SMILES string of the molecule is C=C(NNC(=O)COc1ccc(C(C)(C)CC(C)(C)C)cc1)c1ccc(OC)cc1. The smallest absolute Gasteiger partial charge is 0.276 e. The summed E-state index contributed by atoms with van der Waals surface area (Å²) >= 11 is 0. The molecule has 2 N–H and O–H groups in total. The molecule has 2 aromatic carbocycles. The average Bonchev–Trinajstić information content (AvgIpc) is 2.69.